The minimum absolute atomic E-state index is 0.0589. The van der Waals surface area contributed by atoms with Crippen molar-refractivity contribution in [3.05, 3.63) is 35.9 Å². The highest BCUT2D eigenvalue weighted by molar-refractivity contribution is 5.78. The molecular weight excluding hydrogens is 164 g/mol. The van der Waals surface area contributed by atoms with Gasteiger partial charge in [0.15, 0.2) is 0 Å². The molecule has 2 nitrogen and oxygen atoms in total. The summed E-state index contributed by atoms with van der Waals surface area (Å²) in [5.74, 6) is 0.0127. The van der Waals surface area contributed by atoms with Crippen LogP contribution in [0.2, 0.25) is 0 Å². The van der Waals surface area contributed by atoms with Crippen LogP contribution in [-0.4, -0.2) is 12.1 Å². The van der Waals surface area contributed by atoms with Gasteiger partial charge >= 0.3 is 5.97 Å². The smallest absolute Gasteiger partial charge is 0.313 e. The predicted octanol–water partition coefficient (Wildman–Crippen LogP) is 1.79. The van der Waals surface area contributed by atoms with Gasteiger partial charge < -0.3 is 4.74 Å². The van der Waals surface area contributed by atoms with Crippen LogP contribution in [0, 0.1) is 5.92 Å². The fraction of sp³-hybridized carbons (Fsp3) is 0.364. The second kappa shape index (κ2) is 3.21. The van der Waals surface area contributed by atoms with E-state index in [1.54, 1.807) is 0 Å². The first-order chi connectivity index (χ1) is 6.27. The average Bonchev–Trinajstić information content (AvgIpc) is 2.16. The van der Waals surface area contributed by atoms with Gasteiger partial charge in [-0.25, -0.2) is 0 Å². The van der Waals surface area contributed by atoms with Gasteiger partial charge in [0.1, 0.15) is 6.10 Å². The predicted molar refractivity (Wildman–Crippen MR) is 49.2 cm³/mol. The Morgan fingerprint density at radius 3 is 2.54 bits per heavy atom. The van der Waals surface area contributed by atoms with Crippen molar-refractivity contribution < 1.29 is 9.53 Å². The molecule has 1 saturated heterocycles. The van der Waals surface area contributed by atoms with Gasteiger partial charge in [-0.3, -0.25) is 4.79 Å². The number of carbonyl (C=O) groups excluding carboxylic acids is 1. The van der Waals surface area contributed by atoms with E-state index in [0.29, 0.717) is 0 Å². The lowest BCUT2D eigenvalue weighted by Crippen LogP contribution is -2.44. The summed E-state index contributed by atoms with van der Waals surface area (Å²) in [6, 6.07) is 10.0. The van der Waals surface area contributed by atoms with E-state index in [9.17, 15) is 4.79 Å². The summed E-state index contributed by atoms with van der Waals surface area (Å²) in [4.78, 5) is 11.0. The highest BCUT2D eigenvalue weighted by Gasteiger charge is 2.38. The average molecular weight is 176 g/mol. The fourth-order valence-electron chi connectivity index (χ4n) is 1.59. The van der Waals surface area contributed by atoms with Crippen LogP contribution in [0.5, 0.6) is 0 Å². The molecule has 0 aromatic heterocycles. The van der Waals surface area contributed by atoms with E-state index in [2.05, 4.69) is 0 Å². The second-order valence-electron chi connectivity index (χ2n) is 3.44. The molecule has 2 rings (SSSR count). The van der Waals surface area contributed by atoms with Crippen LogP contribution >= 0.6 is 0 Å². The Bertz CT molecular complexity index is 305. The topological polar surface area (TPSA) is 26.3 Å². The maximum Gasteiger partial charge on any atom is 0.313 e. The summed E-state index contributed by atoms with van der Waals surface area (Å²) in [5.41, 5.74) is 1.20. The summed E-state index contributed by atoms with van der Waals surface area (Å²) in [6.45, 7) is 1.94. The molecule has 0 spiro atoms. The Balaban J connectivity index is 2.02. The Labute approximate surface area is 77.5 Å². The minimum Gasteiger partial charge on any atom is -0.461 e. The van der Waals surface area contributed by atoms with Gasteiger partial charge in [-0.1, -0.05) is 30.3 Å². The minimum atomic E-state index is -0.0589. The number of hydrogen-bond donors (Lipinski definition) is 0. The quantitative estimate of drug-likeness (QED) is 0.642. The van der Waals surface area contributed by atoms with Crippen molar-refractivity contribution in [1.82, 2.24) is 0 Å². The highest BCUT2D eigenvalue weighted by atomic mass is 16.6. The van der Waals surface area contributed by atoms with Gasteiger partial charge in [-0.05, 0) is 18.9 Å². The number of hydrogen-bond acceptors (Lipinski definition) is 2. The molecule has 2 heteroatoms. The van der Waals surface area contributed by atoms with Gasteiger partial charge in [-0.15, -0.1) is 0 Å². The number of ether oxygens (including phenoxy) is 1. The van der Waals surface area contributed by atoms with E-state index in [1.165, 1.54) is 5.56 Å². The van der Waals surface area contributed by atoms with E-state index in [-0.39, 0.29) is 18.0 Å². The molecule has 1 fully saturated rings. The molecule has 13 heavy (non-hydrogen) atoms. The van der Waals surface area contributed by atoms with Gasteiger partial charge in [0.05, 0.1) is 5.92 Å². The Kier molecular flexibility index (Phi) is 2.05. The second-order valence-corrected chi connectivity index (χ2v) is 3.44. The van der Waals surface area contributed by atoms with Gasteiger partial charge in [0.25, 0.3) is 0 Å². The Hall–Kier alpha value is -1.31. The maximum absolute atomic E-state index is 11.0. The summed E-state index contributed by atoms with van der Waals surface area (Å²) < 4.78 is 4.88. The SMILES string of the molecule is CC1OC(=O)C1Cc1ccccc1. The Morgan fingerprint density at radius 2 is 2.00 bits per heavy atom. The van der Waals surface area contributed by atoms with E-state index in [0.717, 1.165) is 6.42 Å². The van der Waals surface area contributed by atoms with Crippen molar-refractivity contribution >= 4 is 5.97 Å². The molecule has 0 N–H and O–H groups in total. The zero-order chi connectivity index (χ0) is 9.26. The zero-order valence-corrected chi connectivity index (χ0v) is 7.57. The molecule has 1 heterocycles. The van der Waals surface area contributed by atoms with E-state index >= 15 is 0 Å². The third-order valence-electron chi connectivity index (χ3n) is 2.47. The molecule has 0 amide bonds. The van der Waals surface area contributed by atoms with Crippen molar-refractivity contribution in [2.45, 2.75) is 19.4 Å². The lowest BCUT2D eigenvalue weighted by atomic mass is 9.91. The number of rotatable bonds is 2. The van der Waals surface area contributed by atoms with Crippen molar-refractivity contribution in [3.63, 3.8) is 0 Å². The standard InChI is InChI=1S/C11H12O2/c1-8-10(11(12)13-8)7-9-5-3-2-4-6-9/h2-6,8,10H,7H2,1H3. The van der Waals surface area contributed by atoms with Gasteiger partial charge in [-0.2, -0.15) is 0 Å². The molecule has 0 radical (unpaired) electrons. The third kappa shape index (κ3) is 1.57. The van der Waals surface area contributed by atoms with E-state index < -0.39 is 0 Å². The zero-order valence-electron chi connectivity index (χ0n) is 7.57. The third-order valence-corrected chi connectivity index (χ3v) is 2.47. The molecule has 1 aromatic rings. The van der Waals surface area contributed by atoms with E-state index in [4.69, 9.17) is 4.74 Å². The first kappa shape index (κ1) is 8.30. The van der Waals surface area contributed by atoms with Crippen molar-refractivity contribution in [2.75, 3.05) is 0 Å². The Morgan fingerprint density at radius 1 is 1.31 bits per heavy atom. The molecule has 2 atom stereocenters. The summed E-state index contributed by atoms with van der Waals surface area (Å²) in [5, 5.41) is 0. The van der Waals surface area contributed by atoms with Crippen LogP contribution in [0.4, 0.5) is 0 Å². The molecule has 0 aliphatic carbocycles. The van der Waals surface area contributed by atoms with Gasteiger partial charge in [0.2, 0.25) is 0 Å². The van der Waals surface area contributed by atoms with Crippen molar-refractivity contribution in [2.24, 2.45) is 5.92 Å². The molecule has 0 bridgehead atoms. The molecule has 1 aliphatic heterocycles. The van der Waals surface area contributed by atoms with Crippen LogP contribution in [0.25, 0.3) is 0 Å². The molecule has 1 aromatic carbocycles. The molecule has 2 unspecified atom stereocenters. The van der Waals surface area contributed by atoms with Crippen LogP contribution in [0.1, 0.15) is 12.5 Å². The number of carbonyl (C=O) groups is 1. The van der Waals surface area contributed by atoms with Crippen LogP contribution in [0.3, 0.4) is 0 Å². The lowest BCUT2D eigenvalue weighted by Gasteiger charge is -2.32. The van der Waals surface area contributed by atoms with Crippen LogP contribution in [-0.2, 0) is 16.0 Å². The summed E-state index contributed by atoms with van der Waals surface area (Å²) >= 11 is 0. The largest absolute Gasteiger partial charge is 0.461 e. The van der Waals surface area contributed by atoms with Crippen molar-refractivity contribution in [1.29, 1.82) is 0 Å². The van der Waals surface area contributed by atoms with E-state index in [1.807, 2.05) is 37.3 Å². The molecule has 68 valence electrons. The normalized spacial score (nSPS) is 26.4. The first-order valence-electron chi connectivity index (χ1n) is 4.52. The first-order valence-corrected chi connectivity index (χ1v) is 4.52. The maximum atomic E-state index is 11.0. The number of esters is 1. The number of benzene rings is 1. The summed E-state index contributed by atoms with van der Waals surface area (Å²) in [7, 11) is 0. The monoisotopic (exact) mass is 176 g/mol. The highest BCUT2D eigenvalue weighted by Crippen LogP contribution is 2.25. The summed E-state index contributed by atoms with van der Waals surface area (Å²) in [6.07, 6.45) is 0.897. The number of cyclic esters (lactones) is 1. The molecular formula is C11H12O2. The van der Waals surface area contributed by atoms with Crippen LogP contribution in [0.15, 0.2) is 30.3 Å². The lowest BCUT2D eigenvalue weighted by molar-refractivity contribution is -0.181. The fourth-order valence-corrected chi connectivity index (χ4v) is 1.59. The van der Waals surface area contributed by atoms with Crippen LogP contribution < -0.4 is 0 Å². The van der Waals surface area contributed by atoms with Crippen molar-refractivity contribution in [3.8, 4) is 0 Å². The van der Waals surface area contributed by atoms with Gasteiger partial charge in [0, 0.05) is 0 Å². The molecule has 1 aliphatic rings. The molecule has 0 saturated carbocycles.